The molecule has 0 bridgehead atoms. The summed E-state index contributed by atoms with van der Waals surface area (Å²) in [4.78, 5) is 19.3. The molecular weight excluding hydrogens is 460 g/mol. The molecule has 1 aliphatic carbocycles. The highest BCUT2D eigenvalue weighted by molar-refractivity contribution is 5.83. The van der Waals surface area contributed by atoms with Crippen molar-refractivity contribution in [1.82, 2.24) is 30.1 Å². The lowest BCUT2D eigenvalue weighted by Gasteiger charge is -2.37. The van der Waals surface area contributed by atoms with Crippen LogP contribution in [-0.2, 0) is 6.42 Å². The maximum Gasteiger partial charge on any atom is 0.253 e. The van der Waals surface area contributed by atoms with Crippen molar-refractivity contribution in [3.05, 3.63) is 87.0 Å². The number of aryl methyl sites for hydroxylation is 2. The fourth-order valence-corrected chi connectivity index (χ4v) is 6.56. The summed E-state index contributed by atoms with van der Waals surface area (Å²) in [6.07, 6.45) is 7.89. The second-order valence-electron chi connectivity index (χ2n) is 11.1. The van der Waals surface area contributed by atoms with Crippen LogP contribution in [0.1, 0.15) is 78.7 Å². The summed E-state index contributed by atoms with van der Waals surface area (Å²) >= 11 is 0. The van der Waals surface area contributed by atoms with E-state index in [4.69, 9.17) is 0 Å². The van der Waals surface area contributed by atoms with Gasteiger partial charge in [-0.25, -0.2) is 4.68 Å². The Morgan fingerprint density at radius 3 is 2.51 bits per heavy atom. The van der Waals surface area contributed by atoms with E-state index in [1.165, 1.54) is 24.0 Å². The van der Waals surface area contributed by atoms with E-state index in [9.17, 15) is 4.79 Å². The van der Waals surface area contributed by atoms with Gasteiger partial charge >= 0.3 is 0 Å². The molecule has 1 atom stereocenters. The third-order valence-corrected chi connectivity index (χ3v) is 8.43. The monoisotopic (exact) mass is 496 g/mol. The molecule has 2 aromatic heterocycles. The van der Waals surface area contributed by atoms with Crippen LogP contribution in [0.25, 0.3) is 10.9 Å². The lowest BCUT2D eigenvalue weighted by Crippen LogP contribution is -2.41. The van der Waals surface area contributed by atoms with E-state index >= 15 is 0 Å². The molecule has 37 heavy (non-hydrogen) atoms. The molecule has 3 heterocycles. The van der Waals surface area contributed by atoms with Crippen LogP contribution in [0.2, 0.25) is 0 Å². The molecule has 192 valence electrons. The summed E-state index contributed by atoms with van der Waals surface area (Å²) in [6, 6.07) is 17.2. The van der Waals surface area contributed by atoms with E-state index in [-0.39, 0.29) is 11.6 Å². The van der Waals surface area contributed by atoms with Gasteiger partial charge in [0.1, 0.15) is 6.04 Å². The minimum Gasteiger partial charge on any atom is -0.321 e. The molecular formula is C30H36N6O. The minimum atomic E-state index is -0.262. The van der Waals surface area contributed by atoms with Crippen molar-refractivity contribution >= 4 is 10.9 Å². The normalized spacial score (nSPS) is 18.5. The fraction of sp³-hybridized carbons (Fsp3) is 0.467. The number of fused-ring (bicyclic) bond motifs is 1. The number of nitrogens with zero attached hydrogens (tertiary/aromatic N) is 5. The Balaban J connectivity index is 1.37. The average molecular weight is 497 g/mol. The van der Waals surface area contributed by atoms with Crippen LogP contribution in [0.15, 0.2) is 53.3 Å². The Bertz CT molecular complexity index is 1430. The summed E-state index contributed by atoms with van der Waals surface area (Å²) in [5, 5.41) is 14.2. The summed E-state index contributed by atoms with van der Waals surface area (Å²) in [6.45, 7) is 6.00. The van der Waals surface area contributed by atoms with E-state index in [0.29, 0.717) is 12.0 Å². The molecule has 2 fully saturated rings. The molecule has 1 N–H and O–H groups in total. The smallest absolute Gasteiger partial charge is 0.253 e. The standard InChI is InChI=1S/C30H36N6O/c1-20-16-21(2)27-24(17-20)19-26(30(37)31-27)28(29-32-33-34-36(29)25-10-6-7-11-25)35-14-12-23(13-15-35)18-22-8-4-3-5-9-22/h3-5,8-9,16-17,19,23,25,28H,6-7,10-15,18H2,1-2H3,(H,31,37)/t28-/m0/s1. The van der Waals surface area contributed by atoms with Crippen molar-refractivity contribution in [2.24, 2.45) is 5.92 Å². The van der Waals surface area contributed by atoms with Gasteiger partial charge in [-0.3, -0.25) is 9.69 Å². The Morgan fingerprint density at radius 1 is 1.00 bits per heavy atom. The molecule has 2 aromatic carbocycles. The van der Waals surface area contributed by atoms with Gasteiger partial charge in [0.05, 0.1) is 11.6 Å². The summed E-state index contributed by atoms with van der Waals surface area (Å²) in [7, 11) is 0. The van der Waals surface area contributed by atoms with Crippen LogP contribution in [0.5, 0.6) is 0 Å². The predicted molar refractivity (Wildman–Crippen MR) is 146 cm³/mol. The van der Waals surface area contributed by atoms with Crippen molar-refractivity contribution in [2.75, 3.05) is 13.1 Å². The Morgan fingerprint density at radius 2 is 1.76 bits per heavy atom. The van der Waals surface area contributed by atoms with Crippen molar-refractivity contribution in [2.45, 2.75) is 70.9 Å². The highest BCUT2D eigenvalue weighted by Gasteiger charge is 2.35. The van der Waals surface area contributed by atoms with Gasteiger partial charge in [-0.1, -0.05) is 54.8 Å². The van der Waals surface area contributed by atoms with Crippen molar-refractivity contribution in [3.8, 4) is 0 Å². The van der Waals surface area contributed by atoms with E-state index in [2.05, 4.69) is 87.8 Å². The average Bonchev–Trinajstić information content (AvgIpc) is 3.59. The first-order chi connectivity index (χ1) is 18.1. The molecule has 0 amide bonds. The highest BCUT2D eigenvalue weighted by Crippen LogP contribution is 2.36. The number of pyridine rings is 1. The summed E-state index contributed by atoms with van der Waals surface area (Å²) < 4.78 is 2.03. The zero-order valence-corrected chi connectivity index (χ0v) is 21.9. The van der Waals surface area contributed by atoms with Gasteiger partial charge in [0, 0.05) is 5.56 Å². The quantitative estimate of drug-likeness (QED) is 0.392. The Kier molecular flexibility index (Phi) is 6.63. The number of aromatic nitrogens is 5. The number of benzene rings is 2. The van der Waals surface area contributed by atoms with E-state index in [1.807, 2.05) is 4.68 Å². The number of hydrogen-bond acceptors (Lipinski definition) is 5. The lowest BCUT2D eigenvalue weighted by molar-refractivity contribution is 0.141. The Labute approximate surface area is 217 Å². The molecule has 7 nitrogen and oxygen atoms in total. The molecule has 1 aliphatic heterocycles. The number of tetrazole rings is 1. The molecule has 1 saturated heterocycles. The maximum absolute atomic E-state index is 13.6. The van der Waals surface area contributed by atoms with Gasteiger partial charge in [0.15, 0.2) is 5.82 Å². The summed E-state index contributed by atoms with van der Waals surface area (Å²) in [5.41, 5.74) is 5.30. The number of likely N-dealkylation sites (tertiary alicyclic amines) is 1. The topological polar surface area (TPSA) is 79.7 Å². The largest absolute Gasteiger partial charge is 0.321 e. The van der Waals surface area contributed by atoms with Crippen molar-refractivity contribution in [3.63, 3.8) is 0 Å². The van der Waals surface area contributed by atoms with Crippen LogP contribution < -0.4 is 5.56 Å². The van der Waals surface area contributed by atoms with E-state index < -0.39 is 0 Å². The number of hydrogen-bond donors (Lipinski definition) is 1. The molecule has 4 aromatic rings. The number of nitrogens with one attached hydrogen (secondary N) is 1. The number of piperidine rings is 1. The van der Waals surface area contributed by atoms with Gasteiger partial charge < -0.3 is 4.98 Å². The third kappa shape index (κ3) is 4.85. The van der Waals surface area contributed by atoms with E-state index in [1.54, 1.807) is 0 Å². The van der Waals surface area contributed by atoms with Gasteiger partial charge in [-0.15, -0.1) is 5.10 Å². The van der Waals surface area contributed by atoms with Crippen LogP contribution in [-0.4, -0.2) is 43.2 Å². The minimum absolute atomic E-state index is 0.0446. The van der Waals surface area contributed by atoms with Crippen molar-refractivity contribution < 1.29 is 0 Å². The first-order valence-corrected chi connectivity index (χ1v) is 13.8. The molecule has 6 rings (SSSR count). The molecule has 0 spiro atoms. The second-order valence-corrected chi connectivity index (χ2v) is 11.1. The number of aromatic amines is 1. The number of H-pyrrole nitrogens is 1. The van der Waals surface area contributed by atoms with E-state index in [0.717, 1.165) is 73.0 Å². The first kappa shape index (κ1) is 24.0. The van der Waals surface area contributed by atoms with Crippen LogP contribution in [0.3, 0.4) is 0 Å². The van der Waals surface area contributed by atoms with Crippen LogP contribution in [0.4, 0.5) is 0 Å². The molecule has 7 heteroatoms. The lowest BCUT2D eigenvalue weighted by atomic mass is 9.88. The second kappa shape index (κ2) is 10.2. The molecule has 1 saturated carbocycles. The zero-order valence-electron chi connectivity index (χ0n) is 21.9. The fourth-order valence-electron chi connectivity index (χ4n) is 6.56. The Hall–Kier alpha value is -3.32. The van der Waals surface area contributed by atoms with Crippen LogP contribution in [0, 0.1) is 19.8 Å². The molecule has 0 radical (unpaired) electrons. The molecule has 0 unspecified atom stereocenters. The van der Waals surface area contributed by atoms with Crippen LogP contribution >= 0.6 is 0 Å². The molecule has 2 aliphatic rings. The van der Waals surface area contributed by atoms with Gasteiger partial charge in [-0.2, -0.15) is 0 Å². The first-order valence-electron chi connectivity index (χ1n) is 13.8. The van der Waals surface area contributed by atoms with Crippen molar-refractivity contribution in [1.29, 1.82) is 0 Å². The number of rotatable bonds is 6. The SMILES string of the molecule is Cc1cc(C)c2[nH]c(=O)c([C@@H](c3nnnn3C3CCCC3)N3CCC(Cc4ccccc4)CC3)cc2c1. The van der Waals surface area contributed by atoms with Gasteiger partial charge in [-0.05, 0) is 104 Å². The third-order valence-electron chi connectivity index (χ3n) is 8.43. The summed E-state index contributed by atoms with van der Waals surface area (Å²) in [5.74, 6) is 1.45. The predicted octanol–water partition coefficient (Wildman–Crippen LogP) is 5.29. The zero-order chi connectivity index (χ0) is 25.4. The maximum atomic E-state index is 13.6. The van der Waals surface area contributed by atoms with Gasteiger partial charge in [0.25, 0.3) is 5.56 Å². The highest BCUT2D eigenvalue weighted by atomic mass is 16.1. The van der Waals surface area contributed by atoms with Gasteiger partial charge in [0.2, 0.25) is 0 Å².